The van der Waals surface area contributed by atoms with Crippen molar-refractivity contribution in [1.29, 1.82) is 0 Å². The summed E-state index contributed by atoms with van der Waals surface area (Å²) in [6.45, 7) is 3.86. The lowest BCUT2D eigenvalue weighted by atomic mass is 10.1. The van der Waals surface area contributed by atoms with Crippen molar-refractivity contribution >= 4 is 28.9 Å². The standard InChI is InChI=1S/C14H13NO3S/c1-8-3-4-9(2)10(7-8)15-13(16)11-5-6-12(19-11)14(17)18/h3-7H,1-2H3,(H,15,16)(H,17,18). The van der Waals surface area contributed by atoms with Gasteiger partial charge in [0, 0.05) is 5.69 Å². The monoisotopic (exact) mass is 275 g/mol. The van der Waals surface area contributed by atoms with Crippen LogP contribution in [0.25, 0.3) is 0 Å². The molecule has 1 amide bonds. The van der Waals surface area contributed by atoms with E-state index in [1.807, 2.05) is 32.0 Å². The second kappa shape index (κ2) is 5.24. The Hall–Kier alpha value is -2.14. The van der Waals surface area contributed by atoms with Gasteiger partial charge in [0.2, 0.25) is 0 Å². The number of carboxylic acid groups (broad SMARTS) is 1. The third-order valence-corrected chi connectivity index (χ3v) is 3.75. The maximum absolute atomic E-state index is 12.0. The summed E-state index contributed by atoms with van der Waals surface area (Å²) in [6.07, 6.45) is 0. The number of carbonyl (C=O) groups excluding carboxylic acids is 1. The first-order valence-corrected chi connectivity index (χ1v) is 6.51. The predicted molar refractivity (Wildman–Crippen MR) is 75.1 cm³/mol. The molecule has 2 N–H and O–H groups in total. The van der Waals surface area contributed by atoms with Gasteiger partial charge in [-0.2, -0.15) is 0 Å². The maximum Gasteiger partial charge on any atom is 0.345 e. The minimum absolute atomic E-state index is 0.158. The first-order chi connectivity index (χ1) is 8.97. The number of hydrogen-bond acceptors (Lipinski definition) is 3. The predicted octanol–water partition coefficient (Wildman–Crippen LogP) is 3.32. The minimum Gasteiger partial charge on any atom is -0.477 e. The smallest absolute Gasteiger partial charge is 0.345 e. The van der Waals surface area contributed by atoms with Gasteiger partial charge in [-0.3, -0.25) is 4.79 Å². The molecular weight excluding hydrogens is 262 g/mol. The van der Waals surface area contributed by atoms with Gasteiger partial charge in [0.1, 0.15) is 4.88 Å². The summed E-state index contributed by atoms with van der Waals surface area (Å²) >= 11 is 0.967. The van der Waals surface area contributed by atoms with E-state index >= 15 is 0 Å². The summed E-state index contributed by atoms with van der Waals surface area (Å²) in [5.74, 6) is -1.30. The van der Waals surface area contributed by atoms with E-state index in [0.29, 0.717) is 4.88 Å². The number of carbonyl (C=O) groups is 2. The van der Waals surface area contributed by atoms with E-state index < -0.39 is 5.97 Å². The van der Waals surface area contributed by atoms with Crippen LogP contribution >= 0.6 is 11.3 Å². The molecule has 0 spiro atoms. The largest absolute Gasteiger partial charge is 0.477 e. The second-order valence-corrected chi connectivity index (χ2v) is 5.33. The molecule has 5 heteroatoms. The minimum atomic E-state index is -1.02. The fourth-order valence-corrected chi connectivity index (χ4v) is 2.37. The highest BCUT2D eigenvalue weighted by atomic mass is 32.1. The third-order valence-electron chi connectivity index (χ3n) is 2.68. The van der Waals surface area contributed by atoms with Gasteiger partial charge in [0.15, 0.2) is 0 Å². The van der Waals surface area contributed by atoms with Gasteiger partial charge in [-0.05, 0) is 43.2 Å². The molecular formula is C14H13NO3S. The molecule has 0 fully saturated rings. The Morgan fingerprint density at radius 1 is 1.11 bits per heavy atom. The lowest BCUT2D eigenvalue weighted by molar-refractivity contribution is 0.0702. The number of aryl methyl sites for hydroxylation is 2. The lowest BCUT2D eigenvalue weighted by Gasteiger charge is -2.08. The average Bonchev–Trinajstić information content (AvgIpc) is 2.83. The van der Waals surface area contributed by atoms with Gasteiger partial charge in [-0.25, -0.2) is 4.79 Å². The van der Waals surface area contributed by atoms with Gasteiger partial charge in [0.05, 0.1) is 4.88 Å². The lowest BCUT2D eigenvalue weighted by Crippen LogP contribution is -2.11. The number of benzene rings is 1. The first kappa shape index (κ1) is 13.3. The summed E-state index contributed by atoms with van der Waals surface area (Å²) in [5, 5.41) is 11.6. The van der Waals surface area contributed by atoms with Crippen molar-refractivity contribution in [3.8, 4) is 0 Å². The number of rotatable bonds is 3. The highest BCUT2D eigenvalue weighted by Gasteiger charge is 2.13. The zero-order valence-electron chi connectivity index (χ0n) is 10.6. The average molecular weight is 275 g/mol. The molecule has 1 aromatic heterocycles. The van der Waals surface area contributed by atoms with Crippen LogP contribution in [0.2, 0.25) is 0 Å². The first-order valence-electron chi connectivity index (χ1n) is 5.69. The van der Waals surface area contributed by atoms with Crippen molar-refractivity contribution < 1.29 is 14.7 Å². The number of nitrogens with one attached hydrogen (secondary N) is 1. The number of hydrogen-bond donors (Lipinski definition) is 2. The van der Waals surface area contributed by atoms with Crippen LogP contribution in [0.3, 0.4) is 0 Å². The zero-order chi connectivity index (χ0) is 14.0. The molecule has 0 aliphatic rings. The Morgan fingerprint density at radius 2 is 1.79 bits per heavy atom. The van der Waals surface area contributed by atoms with Crippen molar-refractivity contribution in [3.63, 3.8) is 0 Å². The molecule has 0 saturated carbocycles. The highest BCUT2D eigenvalue weighted by molar-refractivity contribution is 7.15. The molecule has 2 rings (SSSR count). The summed E-state index contributed by atoms with van der Waals surface area (Å²) in [4.78, 5) is 23.3. The van der Waals surface area contributed by atoms with Crippen LogP contribution in [-0.4, -0.2) is 17.0 Å². The number of thiophene rings is 1. The number of anilines is 1. The van der Waals surface area contributed by atoms with Gasteiger partial charge >= 0.3 is 5.97 Å². The third kappa shape index (κ3) is 3.00. The van der Waals surface area contributed by atoms with Gasteiger partial charge in [0.25, 0.3) is 5.91 Å². The maximum atomic E-state index is 12.0. The van der Waals surface area contributed by atoms with E-state index in [4.69, 9.17) is 5.11 Å². The summed E-state index contributed by atoms with van der Waals surface area (Å²) in [7, 11) is 0. The van der Waals surface area contributed by atoms with Crippen LogP contribution < -0.4 is 5.32 Å². The zero-order valence-corrected chi connectivity index (χ0v) is 11.4. The Bertz CT molecular complexity index is 646. The number of aromatic carboxylic acids is 1. The highest BCUT2D eigenvalue weighted by Crippen LogP contribution is 2.21. The van der Waals surface area contributed by atoms with Crippen molar-refractivity contribution in [2.75, 3.05) is 5.32 Å². The molecule has 0 aliphatic carbocycles. The van der Waals surface area contributed by atoms with E-state index in [1.165, 1.54) is 12.1 Å². The molecule has 0 bridgehead atoms. The second-order valence-electron chi connectivity index (χ2n) is 4.24. The molecule has 1 aromatic carbocycles. The molecule has 0 saturated heterocycles. The van der Waals surface area contributed by atoms with Crippen LogP contribution in [0.1, 0.15) is 30.5 Å². The molecule has 1 heterocycles. The Balaban J connectivity index is 2.20. The van der Waals surface area contributed by atoms with Crippen LogP contribution in [0.15, 0.2) is 30.3 Å². The van der Waals surface area contributed by atoms with Crippen LogP contribution in [0.4, 0.5) is 5.69 Å². The summed E-state index contributed by atoms with van der Waals surface area (Å²) in [5.41, 5.74) is 2.77. The molecule has 4 nitrogen and oxygen atoms in total. The van der Waals surface area contributed by atoms with Crippen LogP contribution in [-0.2, 0) is 0 Å². The quantitative estimate of drug-likeness (QED) is 0.903. The van der Waals surface area contributed by atoms with Crippen molar-refractivity contribution in [2.24, 2.45) is 0 Å². The fourth-order valence-electron chi connectivity index (χ4n) is 1.63. The summed E-state index contributed by atoms with van der Waals surface area (Å²) in [6, 6.07) is 8.75. The van der Waals surface area contributed by atoms with E-state index in [2.05, 4.69) is 5.32 Å². The molecule has 0 aliphatic heterocycles. The molecule has 98 valence electrons. The summed E-state index contributed by atoms with van der Waals surface area (Å²) < 4.78 is 0. The molecule has 0 atom stereocenters. The topological polar surface area (TPSA) is 66.4 Å². The van der Waals surface area contributed by atoms with Crippen LogP contribution in [0, 0.1) is 13.8 Å². The molecule has 19 heavy (non-hydrogen) atoms. The van der Waals surface area contributed by atoms with Crippen molar-refractivity contribution in [2.45, 2.75) is 13.8 Å². The molecule has 2 aromatic rings. The fraction of sp³-hybridized carbons (Fsp3) is 0.143. The SMILES string of the molecule is Cc1ccc(C)c(NC(=O)c2ccc(C(=O)O)s2)c1. The normalized spacial score (nSPS) is 10.2. The Morgan fingerprint density at radius 3 is 2.42 bits per heavy atom. The van der Waals surface area contributed by atoms with Crippen LogP contribution in [0.5, 0.6) is 0 Å². The molecule has 0 unspecified atom stereocenters. The van der Waals surface area contributed by atoms with Crippen molar-refractivity contribution in [3.05, 3.63) is 51.2 Å². The number of carboxylic acids is 1. The van der Waals surface area contributed by atoms with Gasteiger partial charge in [-0.15, -0.1) is 11.3 Å². The van der Waals surface area contributed by atoms with Crippen molar-refractivity contribution in [1.82, 2.24) is 0 Å². The Labute approximate surface area is 114 Å². The van der Waals surface area contributed by atoms with E-state index in [1.54, 1.807) is 0 Å². The van der Waals surface area contributed by atoms with E-state index in [-0.39, 0.29) is 10.8 Å². The molecule has 0 radical (unpaired) electrons. The Kier molecular flexibility index (Phi) is 3.66. The number of amides is 1. The van der Waals surface area contributed by atoms with E-state index in [9.17, 15) is 9.59 Å². The van der Waals surface area contributed by atoms with E-state index in [0.717, 1.165) is 28.2 Å². The van der Waals surface area contributed by atoms with Gasteiger partial charge < -0.3 is 10.4 Å². The van der Waals surface area contributed by atoms with Gasteiger partial charge in [-0.1, -0.05) is 12.1 Å².